The maximum absolute atomic E-state index is 12.8. The number of benzene rings is 2. The summed E-state index contributed by atoms with van der Waals surface area (Å²) in [5.41, 5.74) is 0.717. The molecule has 0 aliphatic rings. The van der Waals surface area contributed by atoms with Gasteiger partial charge in [-0.15, -0.1) is 6.58 Å². The fourth-order valence-corrected chi connectivity index (χ4v) is 3.67. The van der Waals surface area contributed by atoms with Crippen LogP contribution in [0.5, 0.6) is 0 Å². The topological polar surface area (TPSA) is 34.1 Å². The molecule has 3 heteroatoms. The van der Waals surface area contributed by atoms with Crippen molar-refractivity contribution in [2.45, 2.75) is 16.6 Å². The van der Waals surface area contributed by atoms with Crippen LogP contribution in [0.15, 0.2) is 78.2 Å². The third-order valence-corrected chi connectivity index (χ3v) is 5.76. The average molecular weight is 272 g/mol. The van der Waals surface area contributed by atoms with E-state index in [4.69, 9.17) is 0 Å². The number of rotatable bonds is 4. The van der Waals surface area contributed by atoms with Gasteiger partial charge < -0.3 is 0 Å². The van der Waals surface area contributed by atoms with Gasteiger partial charge in [-0.1, -0.05) is 54.6 Å². The molecule has 0 aromatic heterocycles. The summed E-state index contributed by atoms with van der Waals surface area (Å²) in [4.78, 5) is 0.307. The van der Waals surface area contributed by atoms with Gasteiger partial charge in [-0.2, -0.15) is 0 Å². The van der Waals surface area contributed by atoms with Crippen molar-refractivity contribution < 1.29 is 8.42 Å². The molecule has 19 heavy (non-hydrogen) atoms. The molecule has 0 radical (unpaired) electrons. The molecule has 2 aromatic carbocycles. The Morgan fingerprint density at radius 2 is 1.42 bits per heavy atom. The average Bonchev–Trinajstić information content (AvgIpc) is 2.48. The maximum Gasteiger partial charge on any atom is 0.191 e. The molecule has 1 atom stereocenters. The lowest BCUT2D eigenvalue weighted by Gasteiger charge is -2.26. The van der Waals surface area contributed by atoms with Gasteiger partial charge in [-0.3, -0.25) is 0 Å². The molecular formula is C16H16O2S. The highest BCUT2D eigenvalue weighted by atomic mass is 32.2. The maximum atomic E-state index is 12.8. The fourth-order valence-electron chi connectivity index (χ4n) is 2.00. The second kappa shape index (κ2) is 5.02. The molecule has 0 saturated carbocycles. The Balaban J connectivity index is 2.63. The Labute approximate surface area is 114 Å². The molecule has 1 unspecified atom stereocenters. The summed E-state index contributed by atoms with van der Waals surface area (Å²) in [5, 5.41) is 0. The second-order valence-electron chi connectivity index (χ2n) is 4.49. The van der Waals surface area contributed by atoms with Crippen LogP contribution in [0.25, 0.3) is 0 Å². The zero-order valence-corrected chi connectivity index (χ0v) is 11.6. The molecule has 0 aliphatic carbocycles. The molecular weight excluding hydrogens is 256 g/mol. The summed E-state index contributed by atoms with van der Waals surface area (Å²) < 4.78 is 24.5. The van der Waals surface area contributed by atoms with Crippen molar-refractivity contribution >= 4 is 9.84 Å². The molecule has 0 aliphatic heterocycles. The quantitative estimate of drug-likeness (QED) is 0.797. The van der Waals surface area contributed by atoms with Gasteiger partial charge in [0, 0.05) is 0 Å². The molecule has 2 rings (SSSR count). The van der Waals surface area contributed by atoms with E-state index in [1.165, 1.54) is 6.08 Å². The molecule has 98 valence electrons. The third kappa shape index (κ3) is 2.22. The summed E-state index contributed by atoms with van der Waals surface area (Å²) in [6, 6.07) is 17.6. The van der Waals surface area contributed by atoms with Crippen molar-refractivity contribution in [3.05, 3.63) is 78.9 Å². The van der Waals surface area contributed by atoms with Crippen LogP contribution in [0, 0.1) is 0 Å². The molecule has 0 amide bonds. The lowest BCUT2D eigenvalue weighted by Crippen LogP contribution is -2.30. The van der Waals surface area contributed by atoms with Gasteiger partial charge >= 0.3 is 0 Å². The smallest absolute Gasteiger partial charge is 0.191 e. The van der Waals surface area contributed by atoms with Crippen molar-refractivity contribution in [2.75, 3.05) is 0 Å². The van der Waals surface area contributed by atoms with Gasteiger partial charge in [0.1, 0.15) is 4.75 Å². The van der Waals surface area contributed by atoms with E-state index in [0.717, 1.165) is 0 Å². The van der Waals surface area contributed by atoms with Crippen LogP contribution in [-0.2, 0) is 14.6 Å². The van der Waals surface area contributed by atoms with Crippen molar-refractivity contribution in [3.8, 4) is 0 Å². The van der Waals surface area contributed by atoms with E-state index in [2.05, 4.69) is 6.58 Å². The van der Waals surface area contributed by atoms with Crippen molar-refractivity contribution in [1.82, 2.24) is 0 Å². The van der Waals surface area contributed by atoms with E-state index in [1.807, 2.05) is 30.3 Å². The highest BCUT2D eigenvalue weighted by molar-refractivity contribution is 7.92. The van der Waals surface area contributed by atoms with E-state index >= 15 is 0 Å². The first-order valence-corrected chi connectivity index (χ1v) is 7.49. The van der Waals surface area contributed by atoms with E-state index in [0.29, 0.717) is 10.5 Å². The lowest BCUT2D eigenvalue weighted by molar-refractivity contribution is 0.569. The first-order chi connectivity index (χ1) is 9.02. The summed E-state index contributed by atoms with van der Waals surface area (Å²) >= 11 is 0. The molecule has 0 bridgehead atoms. The Kier molecular flexibility index (Phi) is 3.58. The van der Waals surface area contributed by atoms with Crippen molar-refractivity contribution in [3.63, 3.8) is 0 Å². The van der Waals surface area contributed by atoms with Crippen LogP contribution < -0.4 is 0 Å². The van der Waals surface area contributed by atoms with Crippen LogP contribution in [0.2, 0.25) is 0 Å². The lowest BCUT2D eigenvalue weighted by atomic mass is 10.0. The van der Waals surface area contributed by atoms with Crippen LogP contribution in [0.4, 0.5) is 0 Å². The monoisotopic (exact) mass is 272 g/mol. The number of hydrogen-bond acceptors (Lipinski definition) is 2. The predicted octanol–water partition coefficient (Wildman–Crippen LogP) is 3.56. The van der Waals surface area contributed by atoms with Gasteiger partial charge in [0.2, 0.25) is 0 Å². The Hall–Kier alpha value is -1.87. The Morgan fingerprint density at radius 1 is 0.947 bits per heavy atom. The van der Waals surface area contributed by atoms with E-state index in [1.54, 1.807) is 37.3 Å². The Bertz CT molecular complexity index is 660. The zero-order chi connectivity index (χ0) is 13.9. The standard InChI is InChI=1S/C16H16O2S/c1-3-16(2,14-10-6-4-7-11-14)19(17,18)15-12-8-5-9-13-15/h3-13H,1H2,2H3. The minimum Gasteiger partial charge on any atom is -0.222 e. The first-order valence-electron chi connectivity index (χ1n) is 6.01. The van der Waals surface area contributed by atoms with Crippen LogP contribution >= 0.6 is 0 Å². The summed E-state index contributed by atoms with van der Waals surface area (Å²) in [6.07, 6.45) is 1.49. The van der Waals surface area contributed by atoms with E-state index < -0.39 is 14.6 Å². The molecule has 0 fully saturated rings. The number of sulfone groups is 1. The van der Waals surface area contributed by atoms with Gasteiger partial charge in [-0.25, -0.2) is 8.42 Å². The van der Waals surface area contributed by atoms with Gasteiger partial charge in [0.05, 0.1) is 4.90 Å². The van der Waals surface area contributed by atoms with Gasteiger partial charge in [0.15, 0.2) is 9.84 Å². The molecule has 2 aromatic rings. The summed E-state index contributed by atoms with van der Waals surface area (Å²) in [5.74, 6) is 0. The molecule has 0 heterocycles. The van der Waals surface area contributed by atoms with E-state index in [9.17, 15) is 8.42 Å². The molecule has 0 saturated heterocycles. The minimum atomic E-state index is -3.52. The fraction of sp³-hybridized carbons (Fsp3) is 0.125. The van der Waals surface area contributed by atoms with Gasteiger partial charge in [0.25, 0.3) is 0 Å². The SMILES string of the molecule is C=CC(C)(c1ccccc1)S(=O)(=O)c1ccccc1. The largest absolute Gasteiger partial charge is 0.222 e. The van der Waals surface area contributed by atoms with Gasteiger partial charge in [-0.05, 0) is 24.6 Å². The zero-order valence-electron chi connectivity index (χ0n) is 10.8. The van der Waals surface area contributed by atoms with Crippen molar-refractivity contribution in [2.24, 2.45) is 0 Å². The number of hydrogen-bond donors (Lipinski definition) is 0. The minimum absolute atomic E-state index is 0.307. The normalized spacial score (nSPS) is 14.6. The second-order valence-corrected chi connectivity index (χ2v) is 6.82. The van der Waals surface area contributed by atoms with Crippen LogP contribution in [-0.4, -0.2) is 8.42 Å². The molecule has 2 nitrogen and oxygen atoms in total. The van der Waals surface area contributed by atoms with E-state index in [-0.39, 0.29) is 0 Å². The van der Waals surface area contributed by atoms with Crippen molar-refractivity contribution in [1.29, 1.82) is 0 Å². The highest BCUT2D eigenvalue weighted by Gasteiger charge is 2.38. The third-order valence-electron chi connectivity index (χ3n) is 3.35. The summed E-state index contributed by atoms with van der Waals surface area (Å²) in [7, 11) is -3.52. The molecule has 0 spiro atoms. The predicted molar refractivity (Wildman–Crippen MR) is 77.6 cm³/mol. The summed E-state index contributed by atoms with van der Waals surface area (Å²) in [6.45, 7) is 5.40. The highest BCUT2D eigenvalue weighted by Crippen LogP contribution is 2.36. The van der Waals surface area contributed by atoms with Crippen LogP contribution in [0.1, 0.15) is 12.5 Å². The molecule has 0 N–H and O–H groups in total. The van der Waals surface area contributed by atoms with Crippen LogP contribution in [0.3, 0.4) is 0 Å². The Morgan fingerprint density at radius 3 is 1.89 bits per heavy atom. The first kappa shape index (κ1) is 13.6.